The van der Waals surface area contributed by atoms with Gasteiger partial charge in [-0.05, 0) is 30.2 Å². The zero-order chi connectivity index (χ0) is 17.8. The molecule has 1 fully saturated rings. The Morgan fingerprint density at radius 3 is 2.68 bits per heavy atom. The van der Waals surface area contributed by atoms with E-state index in [-0.39, 0.29) is 18.1 Å². The number of nitrogens with two attached hydrogens (primary N) is 1. The molecule has 1 aromatic heterocycles. The Kier molecular flexibility index (Phi) is 5.31. The summed E-state index contributed by atoms with van der Waals surface area (Å²) < 4.78 is 5.39. The van der Waals surface area contributed by atoms with Crippen molar-refractivity contribution < 1.29 is 9.53 Å². The van der Waals surface area contributed by atoms with Gasteiger partial charge in [-0.1, -0.05) is 24.3 Å². The van der Waals surface area contributed by atoms with Crippen LogP contribution in [0.4, 0.5) is 11.5 Å². The molecule has 132 valence electrons. The minimum atomic E-state index is -0.298. The third kappa shape index (κ3) is 3.97. The molecule has 0 spiro atoms. The summed E-state index contributed by atoms with van der Waals surface area (Å²) in [6.07, 6.45) is 2.55. The molecule has 0 saturated carbocycles. The molecule has 2 atom stereocenters. The Balaban J connectivity index is 1.69. The number of para-hydroxylation sites is 1. The topological polar surface area (TPSA) is 71.7 Å². The lowest BCUT2D eigenvalue weighted by Crippen LogP contribution is -2.39. The second-order valence-corrected chi connectivity index (χ2v) is 6.36. The molecular formula is C19H24N4O2. The van der Waals surface area contributed by atoms with Gasteiger partial charge in [-0.2, -0.15) is 0 Å². The van der Waals surface area contributed by atoms with E-state index in [0.29, 0.717) is 19.5 Å². The van der Waals surface area contributed by atoms with Crippen molar-refractivity contribution >= 4 is 17.4 Å². The van der Waals surface area contributed by atoms with Crippen molar-refractivity contribution in [1.29, 1.82) is 0 Å². The van der Waals surface area contributed by atoms with Gasteiger partial charge in [0.05, 0.1) is 12.1 Å². The van der Waals surface area contributed by atoms with Gasteiger partial charge >= 0.3 is 0 Å². The number of hydrogen-bond donors (Lipinski definition) is 1. The molecule has 6 nitrogen and oxygen atoms in total. The van der Waals surface area contributed by atoms with E-state index in [1.165, 1.54) is 0 Å². The maximum Gasteiger partial charge on any atom is 0.234 e. The van der Waals surface area contributed by atoms with Gasteiger partial charge in [-0.3, -0.25) is 9.69 Å². The summed E-state index contributed by atoms with van der Waals surface area (Å²) in [4.78, 5) is 20.3. The zero-order valence-corrected chi connectivity index (χ0v) is 14.6. The fourth-order valence-electron chi connectivity index (χ4n) is 3.23. The number of amides is 1. The van der Waals surface area contributed by atoms with E-state index in [1.54, 1.807) is 7.11 Å². The first-order valence-electron chi connectivity index (χ1n) is 8.38. The van der Waals surface area contributed by atoms with Crippen molar-refractivity contribution in [2.75, 3.05) is 25.6 Å². The maximum atomic E-state index is 11.7. The van der Waals surface area contributed by atoms with Gasteiger partial charge in [-0.25, -0.2) is 4.98 Å². The van der Waals surface area contributed by atoms with Crippen molar-refractivity contribution in [2.45, 2.75) is 25.1 Å². The number of aromatic nitrogens is 1. The van der Waals surface area contributed by atoms with Crippen LogP contribution in [0.15, 0.2) is 48.7 Å². The molecular weight excluding hydrogens is 316 g/mol. The standard InChI is InChI=1S/C19H24N4O2/c1-22(15-6-4-3-5-7-15)18-9-8-14(11-21-18)12-23-13-16(25-2)10-17(23)19(20)24/h3-9,11,16-17H,10,12-13H2,1-2H3,(H2,20,24)/t16-,17-/m0/s1. The van der Waals surface area contributed by atoms with Crippen molar-refractivity contribution in [3.63, 3.8) is 0 Å². The molecule has 0 bridgehead atoms. The quantitative estimate of drug-likeness (QED) is 0.870. The number of carbonyl (C=O) groups is 1. The van der Waals surface area contributed by atoms with E-state index < -0.39 is 0 Å². The van der Waals surface area contributed by atoms with Crippen molar-refractivity contribution in [1.82, 2.24) is 9.88 Å². The lowest BCUT2D eigenvalue weighted by molar-refractivity contribution is -0.122. The van der Waals surface area contributed by atoms with E-state index in [4.69, 9.17) is 10.5 Å². The molecule has 0 unspecified atom stereocenters. The largest absolute Gasteiger partial charge is 0.380 e. The highest BCUT2D eigenvalue weighted by atomic mass is 16.5. The SMILES string of the molecule is CO[C@H]1C[C@@H](C(N)=O)N(Cc2ccc(N(C)c3ccccc3)nc2)C1. The highest BCUT2D eigenvalue weighted by molar-refractivity contribution is 5.80. The minimum Gasteiger partial charge on any atom is -0.380 e. The van der Waals surface area contributed by atoms with Crippen LogP contribution in [0.25, 0.3) is 0 Å². The average molecular weight is 340 g/mol. The monoisotopic (exact) mass is 340 g/mol. The van der Waals surface area contributed by atoms with E-state index in [1.807, 2.05) is 60.6 Å². The summed E-state index contributed by atoms with van der Waals surface area (Å²) in [5.74, 6) is 0.575. The molecule has 1 aliphatic rings. The predicted octanol–water partition coefficient (Wildman–Crippen LogP) is 1.92. The minimum absolute atomic E-state index is 0.0500. The number of methoxy groups -OCH3 is 1. The molecule has 6 heteroatoms. The molecule has 0 radical (unpaired) electrons. The summed E-state index contributed by atoms with van der Waals surface area (Å²) in [6, 6.07) is 13.8. The molecule has 3 rings (SSSR count). The van der Waals surface area contributed by atoms with Crippen LogP contribution in [0.2, 0.25) is 0 Å². The lowest BCUT2D eigenvalue weighted by Gasteiger charge is -2.22. The van der Waals surface area contributed by atoms with Crippen LogP contribution >= 0.6 is 0 Å². The second kappa shape index (κ2) is 7.63. The number of likely N-dealkylation sites (tertiary alicyclic amines) is 1. The fraction of sp³-hybridized carbons (Fsp3) is 0.368. The molecule has 2 N–H and O–H groups in total. The summed E-state index contributed by atoms with van der Waals surface area (Å²) >= 11 is 0. The number of rotatable bonds is 6. The number of carbonyl (C=O) groups excluding carboxylic acids is 1. The normalized spacial score (nSPS) is 20.6. The summed E-state index contributed by atoms with van der Waals surface area (Å²) in [5, 5.41) is 0. The number of pyridine rings is 1. The number of primary amides is 1. The first kappa shape index (κ1) is 17.4. The van der Waals surface area contributed by atoms with Crippen LogP contribution in [0.1, 0.15) is 12.0 Å². The smallest absolute Gasteiger partial charge is 0.234 e. The van der Waals surface area contributed by atoms with Gasteiger partial charge in [0.2, 0.25) is 5.91 Å². The lowest BCUT2D eigenvalue weighted by atomic mass is 10.2. The van der Waals surface area contributed by atoms with Crippen LogP contribution in [-0.4, -0.2) is 48.6 Å². The maximum absolute atomic E-state index is 11.7. The van der Waals surface area contributed by atoms with Gasteiger partial charge < -0.3 is 15.4 Å². The second-order valence-electron chi connectivity index (χ2n) is 6.36. The van der Waals surface area contributed by atoms with Crippen LogP contribution in [0.3, 0.4) is 0 Å². The van der Waals surface area contributed by atoms with Crippen molar-refractivity contribution in [3.05, 3.63) is 54.2 Å². The Bertz CT molecular complexity index is 705. The summed E-state index contributed by atoms with van der Waals surface area (Å²) in [5.41, 5.74) is 7.66. The average Bonchev–Trinajstić information content (AvgIpc) is 3.06. The first-order chi connectivity index (χ1) is 12.1. The van der Waals surface area contributed by atoms with E-state index >= 15 is 0 Å². The molecule has 0 aliphatic carbocycles. The third-order valence-corrected chi connectivity index (χ3v) is 4.71. The molecule has 1 amide bonds. The molecule has 1 aromatic carbocycles. The van der Waals surface area contributed by atoms with Crippen LogP contribution in [0.5, 0.6) is 0 Å². The van der Waals surface area contributed by atoms with Gasteiger partial charge in [-0.15, -0.1) is 0 Å². The Labute approximate surface area is 148 Å². The van der Waals surface area contributed by atoms with Gasteiger partial charge in [0.1, 0.15) is 5.82 Å². The molecule has 2 heterocycles. The zero-order valence-electron chi connectivity index (χ0n) is 14.6. The van der Waals surface area contributed by atoms with Gasteiger partial charge in [0.25, 0.3) is 0 Å². The number of ether oxygens (including phenoxy) is 1. The highest BCUT2D eigenvalue weighted by Gasteiger charge is 2.35. The number of benzene rings is 1. The fourth-order valence-corrected chi connectivity index (χ4v) is 3.23. The van der Waals surface area contributed by atoms with Crippen LogP contribution in [-0.2, 0) is 16.1 Å². The number of anilines is 2. The van der Waals surface area contributed by atoms with Gasteiger partial charge in [0, 0.05) is 39.1 Å². The van der Waals surface area contributed by atoms with Crippen LogP contribution in [0, 0.1) is 0 Å². The molecule has 1 saturated heterocycles. The first-order valence-corrected chi connectivity index (χ1v) is 8.38. The summed E-state index contributed by atoms with van der Waals surface area (Å²) in [7, 11) is 3.66. The van der Waals surface area contributed by atoms with E-state index in [0.717, 1.165) is 17.1 Å². The summed E-state index contributed by atoms with van der Waals surface area (Å²) in [6.45, 7) is 1.34. The van der Waals surface area contributed by atoms with Crippen molar-refractivity contribution in [3.8, 4) is 0 Å². The Morgan fingerprint density at radius 1 is 1.32 bits per heavy atom. The Morgan fingerprint density at radius 2 is 2.08 bits per heavy atom. The van der Waals surface area contributed by atoms with E-state index in [9.17, 15) is 4.79 Å². The molecule has 1 aliphatic heterocycles. The number of nitrogens with zero attached hydrogens (tertiary/aromatic N) is 3. The number of hydrogen-bond acceptors (Lipinski definition) is 5. The third-order valence-electron chi connectivity index (χ3n) is 4.71. The van der Waals surface area contributed by atoms with Crippen molar-refractivity contribution in [2.24, 2.45) is 5.73 Å². The van der Waals surface area contributed by atoms with E-state index in [2.05, 4.69) is 9.88 Å². The van der Waals surface area contributed by atoms with Crippen LogP contribution < -0.4 is 10.6 Å². The molecule has 25 heavy (non-hydrogen) atoms. The Hall–Kier alpha value is -2.44. The highest BCUT2D eigenvalue weighted by Crippen LogP contribution is 2.24. The predicted molar refractivity (Wildman–Crippen MR) is 97.5 cm³/mol. The molecule has 2 aromatic rings. The van der Waals surface area contributed by atoms with Gasteiger partial charge in [0.15, 0.2) is 0 Å².